The summed E-state index contributed by atoms with van der Waals surface area (Å²) < 4.78 is 13.5. The molecule has 0 saturated carbocycles. The van der Waals surface area contributed by atoms with E-state index >= 15 is 0 Å². The Morgan fingerprint density at radius 3 is 2.58 bits per heavy atom. The SMILES string of the molecule is O=c1c2sc(-c3ccc(Cl)cc3)cc2ncn1-c1ccc(OCCCN2CCOCC2)cc1. The smallest absolute Gasteiger partial charge is 0.275 e. The van der Waals surface area contributed by atoms with Crippen molar-refractivity contribution in [1.82, 2.24) is 14.5 Å². The van der Waals surface area contributed by atoms with Gasteiger partial charge < -0.3 is 9.47 Å². The van der Waals surface area contributed by atoms with Gasteiger partial charge in [0.25, 0.3) is 5.56 Å². The van der Waals surface area contributed by atoms with Gasteiger partial charge in [-0.3, -0.25) is 14.3 Å². The molecule has 0 spiro atoms. The quantitative estimate of drug-likeness (QED) is 0.352. The van der Waals surface area contributed by atoms with Crippen molar-refractivity contribution in [2.75, 3.05) is 39.5 Å². The van der Waals surface area contributed by atoms with Gasteiger partial charge in [0.2, 0.25) is 0 Å². The van der Waals surface area contributed by atoms with Gasteiger partial charge in [0.05, 0.1) is 31.0 Å². The molecule has 1 aliphatic rings. The van der Waals surface area contributed by atoms with Crippen LogP contribution in [-0.4, -0.2) is 53.9 Å². The molecule has 5 rings (SSSR count). The number of aromatic nitrogens is 2. The normalized spacial score (nSPS) is 14.6. The number of hydrogen-bond acceptors (Lipinski definition) is 6. The predicted molar refractivity (Wildman–Crippen MR) is 133 cm³/mol. The number of nitrogens with zero attached hydrogens (tertiary/aromatic N) is 3. The molecule has 8 heteroatoms. The Balaban J connectivity index is 1.27. The Morgan fingerprint density at radius 2 is 1.82 bits per heavy atom. The average Bonchev–Trinajstić information content (AvgIpc) is 3.29. The van der Waals surface area contributed by atoms with Crippen molar-refractivity contribution in [1.29, 1.82) is 0 Å². The monoisotopic (exact) mass is 481 g/mol. The first-order chi connectivity index (χ1) is 16.2. The highest BCUT2D eigenvalue weighted by molar-refractivity contribution is 7.22. The first kappa shape index (κ1) is 22.1. The molecule has 170 valence electrons. The molecule has 6 nitrogen and oxygen atoms in total. The summed E-state index contributed by atoms with van der Waals surface area (Å²) in [5.41, 5.74) is 2.40. The Labute approximate surface area is 201 Å². The van der Waals surface area contributed by atoms with Crippen LogP contribution in [0.3, 0.4) is 0 Å². The topological polar surface area (TPSA) is 56.6 Å². The van der Waals surface area contributed by atoms with E-state index in [0.717, 1.165) is 61.1 Å². The highest BCUT2D eigenvalue weighted by Gasteiger charge is 2.12. The van der Waals surface area contributed by atoms with Gasteiger partial charge in [-0.05, 0) is 54.4 Å². The number of halogens is 1. The van der Waals surface area contributed by atoms with Crippen molar-refractivity contribution in [3.8, 4) is 21.9 Å². The second kappa shape index (κ2) is 10.1. The molecule has 3 heterocycles. The molecule has 0 radical (unpaired) electrons. The largest absolute Gasteiger partial charge is 0.494 e. The Kier molecular flexibility index (Phi) is 6.73. The predicted octanol–water partition coefficient (Wildman–Crippen LogP) is 4.87. The molecule has 0 unspecified atom stereocenters. The number of hydrogen-bond donors (Lipinski definition) is 0. The zero-order valence-corrected chi connectivity index (χ0v) is 19.6. The van der Waals surface area contributed by atoms with Crippen LogP contribution in [0.5, 0.6) is 5.75 Å². The maximum absolute atomic E-state index is 13.1. The van der Waals surface area contributed by atoms with Crippen molar-refractivity contribution in [3.05, 3.63) is 76.3 Å². The molecule has 1 fully saturated rings. The highest BCUT2D eigenvalue weighted by Crippen LogP contribution is 2.31. The lowest BCUT2D eigenvalue weighted by Crippen LogP contribution is -2.37. The lowest BCUT2D eigenvalue weighted by Gasteiger charge is -2.26. The standard InChI is InChI=1S/C25H24ClN3O3S/c26-19-4-2-18(3-5-19)23-16-22-24(33-23)25(30)29(17-27-22)20-6-8-21(9-7-20)32-13-1-10-28-11-14-31-15-12-28/h2-9,16-17H,1,10-15H2. The van der Waals surface area contributed by atoms with Crippen LogP contribution in [-0.2, 0) is 4.74 Å². The molecular weight excluding hydrogens is 458 g/mol. The highest BCUT2D eigenvalue weighted by atomic mass is 35.5. The number of benzene rings is 2. The molecule has 1 aliphatic heterocycles. The Bertz CT molecular complexity index is 1280. The molecule has 0 bridgehead atoms. The van der Waals surface area contributed by atoms with Crippen molar-refractivity contribution in [2.45, 2.75) is 6.42 Å². The summed E-state index contributed by atoms with van der Waals surface area (Å²) in [6, 6.07) is 17.1. The van der Waals surface area contributed by atoms with Crippen molar-refractivity contribution >= 4 is 33.2 Å². The number of morpholine rings is 1. The molecule has 1 saturated heterocycles. The molecule has 4 aromatic rings. The first-order valence-corrected chi connectivity index (χ1v) is 12.2. The zero-order valence-electron chi connectivity index (χ0n) is 18.1. The van der Waals surface area contributed by atoms with Crippen LogP contribution in [0.2, 0.25) is 5.02 Å². The Morgan fingerprint density at radius 1 is 1.06 bits per heavy atom. The summed E-state index contributed by atoms with van der Waals surface area (Å²) in [5.74, 6) is 0.795. The second-order valence-electron chi connectivity index (χ2n) is 7.90. The van der Waals surface area contributed by atoms with Gasteiger partial charge in [-0.15, -0.1) is 11.3 Å². The molecular formula is C25H24ClN3O3S. The van der Waals surface area contributed by atoms with Crippen molar-refractivity contribution in [2.24, 2.45) is 0 Å². The lowest BCUT2D eigenvalue weighted by atomic mass is 10.2. The fraction of sp³-hybridized carbons (Fsp3) is 0.280. The van der Waals surface area contributed by atoms with E-state index in [1.165, 1.54) is 11.3 Å². The molecule has 2 aromatic carbocycles. The minimum absolute atomic E-state index is 0.0793. The summed E-state index contributed by atoms with van der Waals surface area (Å²) >= 11 is 7.44. The van der Waals surface area contributed by atoms with E-state index in [1.54, 1.807) is 10.9 Å². The van der Waals surface area contributed by atoms with Crippen LogP contribution in [0.25, 0.3) is 26.3 Å². The maximum atomic E-state index is 13.1. The molecule has 33 heavy (non-hydrogen) atoms. The van der Waals surface area contributed by atoms with E-state index in [0.29, 0.717) is 21.8 Å². The van der Waals surface area contributed by atoms with Gasteiger partial charge in [0.1, 0.15) is 16.8 Å². The average molecular weight is 482 g/mol. The summed E-state index contributed by atoms with van der Waals surface area (Å²) in [6.07, 6.45) is 2.55. The lowest BCUT2D eigenvalue weighted by molar-refractivity contribution is 0.0358. The van der Waals surface area contributed by atoms with Gasteiger partial charge in [-0.1, -0.05) is 23.7 Å². The van der Waals surface area contributed by atoms with Gasteiger partial charge in [0, 0.05) is 29.5 Å². The third-order valence-corrected chi connectivity index (χ3v) is 7.09. The first-order valence-electron chi connectivity index (χ1n) is 11.0. The molecule has 2 aromatic heterocycles. The van der Waals surface area contributed by atoms with E-state index in [-0.39, 0.29) is 5.56 Å². The number of fused-ring (bicyclic) bond motifs is 1. The molecule has 0 aliphatic carbocycles. The van der Waals surface area contributed by atoms with Crippen LogP contribution in [0.1, 0.15) is 6.42 Å². The van der Waals surface area contributed by atoms with Gasteiger partial charge in [-0.25, -0.2) is 4.98 Å². The van der Waals surface area contributed by atoms with E-state index in [9.17, 15) is 4.79 Å². The summed E-state index contributed by atoms with van der Waals surface area (Å²) in [4.78, 5) is 21.0. The van der Waals surface area contributed by atoms with Gasteiger partial charge in [0.15, 0.2) is 0 Å². The van der Waals surface area contributed by atoms with Gasteiger partial charge >= 0.3 is 0 Å². The summed E-state index contributed by atoms with van der Waals surface area (Å²) in [5, 5.41) is 0.685. The minimum Gasteiger partial charge on any atom is -0.494 e. The van der Waals surface area contributed by atoms with E-state index in [4.69, 9.17) is 21.1 Å². The summed E-state index contributed by atoms with van der Waals surface area (Å²) in [6.45, 7) is 5.29. The van der Waals surface area contributed by atoms with E-state index in [1.807, 2.05) is 54.6 Å². The molecule has 0 amide bonds. The fourth-order valence-corrected chi connectivity index (χ4v) is 5.03. The van der Waals surface area contributed by atoms with Crippen LogP contribution >= 0.6 is 22.9 Å². The van der Waals surface area contributed by atoms with Crippen LogP contribution in [0.15, 0.2) is 65.7 Å². The van der Waals surface area contributed by atoms with Crippen LogP contribution < -0.4 is 10.3 Å². The van der Waals surface area contributed by atoms with Crippen LogP contribution in [0, 0.1) is 0 Å². The van der Waals surface area contributed by atoms with Gasteiger partial charge in [-0.2, -0.15) is 0 Å². The zero-order chi connectivity index (χ0) is 22.6. The third-order valence-electron chi connectivity index (χ3n) is 5.67. The number of thiophene rings is 1. The fourth-order valence-electron chi connectivity index (χ4n) is 3.86. The van der Waals surface area contributed by atoms with Crippen molar-refractivity contribution < 1.29 is 9.47 Å². The number of ether oxygens (including phenoxy) is 2. The van der Waals surface area contributed by atoms with E-state index in [2.05, 4.69) is 9.88 Å². The van der Waals surface area contributed by atoms with E-state index < -0.39 is 0 Å². The second-order valence-corrected chi connectivity index (χ2v) is 9.39. The number of rotatable bonds is 7. The van der Waals surface area contributed by atoms with Crippen molar-refractivity contribution in [3.63, 3.8) is 0 Å². The third kappa shape index (κ3) is 5.12. The molecule has 0 atom stereocenters. The summed E-state index contributed by atoms with van der Waals surface area (Å²) in [7, 11) is 0. The molecule has 0 N–H and O–H groups in total. The Hall–Kier alpha value is -2.71. The minimum atomic E-state index is -0.0793. The maximum Gasteiger partial charge on any atom is 0.275 e. The van der Waals surface area contributed by atoms with Crippen LogP contribution in [0.4, 0.5) is 0 Å².